The molecule has 0 radical (unpaired) electrons. The summed E-state index contributed by atoms with van der Waals surface area (Å²) in [6.07, 6.45) is 2.04. The highest BCUT2D eigenvalue weighted by Gasteiger charge is 2.25. The number of carbonyl (C=O) groups is 1. The lowest BCUT2D eigenvalue weighted by atomic mass is 10.0. The minimum Gasteiger partial charge on any atom is -0.457 e. The number of likely N-dealkylation sites (N-methyl/N-ethyl adjacent to an activating group) is 1. The Morgan fingerprint density at radius 2 is 2.24 bits per heavy atom. The topological polar surface area (TPSA) is 42.4 Å². The van der Waals surface area contributed by atoms with Crippen molar-refractivity contribution in [3.8, 4) is 11.5 Å². The Hall–Kier alpha value is -1.88. The third-order valence-corrected chi connectivity index (χ3v) is 4.02. The molecule has 3 rings (SSSR count). The van der Waals surface area contributed by atoms with Gasteiger partial charge in [-0.2, -0.15) is 0 Å². The van der Waals surface area contributed by atoms with Gasteiger partial charge in [0, 0.05) is 22.8 Å². The fourth-order valence-electron chi connectivity index (χ4n) is 2.41. The van der Waals surface area contributed by atoms with E-state index in [-0.39, 0.29) is 5.91 Å². The summed E-state index contributed by atoms with van der Waals surface area (Å²) in [7, 11) is 0. The molecule has 0 spiro atoms. The second kappa shape index (κ2) is 5.85. The lowest BCUT2D eigenvalue weighted by molar-refractivity contribution is -0.131. The molecular weight excluding hydrogens is 332 g/mol. The number of carbonyl (C=O) groups excluding carboxylic acids is 1. The molecule has 0 aliphatic carbocycles. The summed E-state index contributed by atoms with van der Waals surface area (Å²) in [6, 6.07) is 9.55. The van der Waals surface area contributed by atoms with Crippen molar-refractivity contribution < 1.29 is 9.53 Å². The SMILES string of the molecule is CCN1Cc2c(Oc3cccc(Br)c3)ccnc2CC1=O. The van der Waals surface area contributed by atoms with Crippen molar-refractivity contribution in [1.29, 1.82) is 0 Å². The number of hydrogen-bond donors (Lipinski definition) is 0. The van der Waals surface area contributed by atoms with E-state index in [4.69, 9.17) is 4.74 Å². The maximum atomic E-state index is 11.9. The number of amides is 1. The van der Waals surface area contributed by atoms with E-state index in [2.05, 4.69) is 20.9 Å². The molecule has 0 fully saturated rings. The Labute approximate surface area is 131 Å². The highest BCUT2D eigenvalue weighted by molar-refractivity contribution is 9.10. The number of ether oxygens (including phenoxy) is 1. The largest absolute Gasteiger partial charge is 0.457 e. The van der Waals surface area contributed by atoms with E-state index in [0.29, 0.717) is 19.5 Å². The van der Waals surface area contributed by atoms with Crippen molar-refractivity contribution in [3.05, 3.63) is 52.3 Å². The van der Waals surface area contributed by atoms with Crippen molar-refractivity contribution in [3.63, 3.8) is 0 Å². The average molecular weight is 347 g/mol. The molecule has 0 bridgehead atoms. The predicted molar refractivity (Wildman–Crippen MR) is 83.2 cm³/mol. The molecule has 0 atom stereocenters. The summed E-state index contributed by atoms with van der Waals surface area (Å²) >= 11 is 3.43. The number of halogens is 1. The number of nitrogens with zero attached hydrogens (tertiary/aromatic N) is 2. The van der Waals surface area contributed by atoms with Crippen molar-refractivity contribution in [2.75, 3.05) is 6.54 Å². The first-order valence-corrected chi connectivity index (χ1v) is 7.64. The molecule has 1 aromatic carbocycles. The van der Waals surface area contributed by atoms with Crippen LogP contribution in [0.4, 0.5) is 0 Å². The van der Waals surface area contributed by atoms with Crippen LogP contribution < -0.4 is 4.74 Å². The Bertz CT molecular complexity index is 688. The first-order valence-electron chi connectivity index (χ1n) is 6.85. The zero-order valence-electron chi connectivity index (χ0n) is 11.7. The van der Waals surface area contributed by atoms with E-state index in [1.807, 2.05) is 42.2 Å². The van der Waals surface area contributed by atoms with Crippen molar-refractivity contribution >= 4 is 21.8 Å². The third kappa shape index (κ3) is 2.93. The number of benzene rings is 1. The maximum Gasteiger partial charge on any atom is 0.228 e. The average Bonchev–Trinajstić information content (AvgIpc) is 2.47. The van der Waals surface area contributed by atoms with Gasteiger partial charge in [-0.15, -0.1) is 0 Å². The van der Waals surface area contributed by atoms with Gasteiger partial charge in [0.2, 0.25) is 5.91 Å². The van der Waals surface area contributed by atoms with E-state index in [9.17, 15) is 4.79 Å². The van der Waals surface area contributed by atoms with Gasteiger partial charge >= 0.3 is 0 Å². The van der Waals surface area contributed by atoms with Gasteiger partial charge in [0.05, 0.1) is 18.7 Å². The van der Waals surface area contributed by atoms with Gasteiger partial charge in [0.15, 0.2) is 0 Å². The van der Waals surface area contributed by atoms with Crippen molar-refractivity contribution in [1.82, 2.24) is 9.88 Å². The fraction of sp³-hybridized carbons (Fsp3) is 0.250. The normalized spacial score (nSPS) is 14.0. The molecule has 1 aliphatic rings. The summed E-state index contributed by atoms with van der Waals surface area (Å²) in [6.45, 7) is 3.24. The quantitative estimate of drug-likeness (QED) is 0.853. The van der Waals surface area contributed by atoms with Crippen LogP contribution in [0.15, 0.2) is 41.0 Å². The summed E-state index contributed by atoms with van der Waals surface area (Å²) < 4.78 is 6.94. The van der Waals surface area contributed by atoms with Gasteiger partial charge in [-0.25, -0.2) is 0 Å². The molecule has 2 heterocycles. The molecule has 0 unspecified atom stereocenters. The van der Waals surface area contributed by atoms with Gasteiger partial charge in [-0.3, -0.25) is 9.78 Å². The first kappa shape index (κ1) is 14.1. The van der Waals surface area contributed by atoms with Crippen LogP contribution in [0.1, 0.15) is 18.2 Å². The Balaban J connectivity index is 1.94. The van der Waals surface area contributed by atoms with E-state index >= 15 is 0 Å². The van der Waals surface area contributed by atoms with Crippen molar-refractivity contribution in [2.45, 2.75) is 19.9 Å². The molecule has 1 aromatic heterocycles. The van der Waals surface area contributed by atoms with Crippen LogP contribution in [0, 0.1) is 0 Å². The lowest BCUT2D eigenvalue weighted by Crippen LogP contribution is -2.36. The van der Waals surface area contributed by atoms with E-state index in [0.717, 1.165) is 27.2 Å². The van der Waals surface area contributed by atoms with Crippen molar-refractivity contribution in [2.24, 2.45) is 0 Å². The lowest BCUT2D eigenvalue weighted by Gasteiger charge is -2.28. The van der Waals surface area contributed by atoms with E-state index in [1.165, 1.54) is 0 Å². The molecule has 5 heteroatoms. The van der Waals surface area contributed by atoms with Crippen LogP contribution in [0.2, 0.25) is 0 Å². The Morgan fingerprint density at radius 3 is 3.00 bits per heavy atom. The molecule has 2 aromatic rings. The molecule has 0 saturated heterocycles. The minimum atomic E-state index is 0.122. The van der Waals surface area contributed by atoms with Gasteiger partial charge in [-0.1, -0.05) is 22.0 Å². The van der Waals surface area contributed by atoms with Crippen LogP contribution in [0.25, 0.3) is 0 Å². The zero-order valence-corrected chi connectivity index (χ0v) is 13.3. The van der Waals surface area contributed by atoms with Gasteiger partial charge in [0.1, 0.15) is 11.5 Å². The smallest absolute Gasteiger partial charge is 0.228 e. The molecular formula is C16H15BrN2O2. The molecule has 108 valence electrons. The first-order chi connectivity index (χ1) is 10.2. The number of rotatable bonds is 3. The summed E-state index contributed by atoms with van der Waals surface area (Å²) in [5.41, 5.74) is 1.82. The summed E-state index contributed by atoms with van der Waals surface area (Å²) in [5.74, 6) is 1.65. The van der Waals surface area contributed by atoms with Gasteiger partial charge < -0.3 is 9.64 Å². The van der Waals surface area contributed by atoms with Crippen LogP contribution in [-0.4, -0.2) is 22.3 Å². The third-order valence-electron chi connectivity index (χ3n) is 3.53. The number of fused-ring (bicyclic) bond motifs is 1. The van der Waals surface area contributed by atoms with Crippen LogP contribution in [-0.2, 0) is 17.8 Å². The summed E-state index contributed by atoms with van der Waals surface area (Å²) in [4.78, 5) is 18.1. The number of hydrogen-bond acceptors (Lipinski definition) is 3. The van der Waals surface area contributed by atoms with Gasteiger partial charge in [-0.05, 0) is 31.2 Å². The van der Waals surface area contributed by atoms with Gasteiger partial charge in [0.25, 0.3) is 0 Å². The standard InChI is InChI=1S/C16H15BrN2O2/c1-2-19-10-13-14(9-16(19)20)18-7-6-15(13)21-12-5-3-4-11(17)8-12/h3-8H,2,9-10H2,1H3. The molecule has 0 saturated carbocycles. The van der Waals surface area contributed by atoms with Crippen LogP contribution in [0.5, 0.6) is 11.5 Å². The molecule has 1 amide bonds. The number of pyridine rings is 1. The predicted octanol–water partition coefficient (Wildman–Crippen LogP) is 3.54. The van der Waals surface area contributed by atoms with Crippen LogP contribution >= 0.6 is 15.9 Å². The molecule has 21 heavy (non-hydrogen) atoms. The second-order valence-electron chi connectivity index (χ2n) is 4.88. The molecule has 0 N–H and O–H groups in total. The summed E-state index contributed by atoms with van der Waals surface area (Å²) in [5, 5.41) is 0. The van der Waals surface area contributed by atoms with E-state index in [1.54, 1.807) is 6.20 Å². The maximum absolute atomic E-state index is 11.9. The van der Waals surface area contributed by atoms with Crippen LogP contribution in [0.3, 0.4) is 0 Å². The Morgan fingerprint density at radius 1 is 1.38 bits per heavy atom. The highest BCUT2D eigenvalue weighted by atomic mass is 79.9. The van der Waals surface area contributed by atoms with E-state index < -0.39 is 0 Å². The minimum absolute atomic E-state index is 0.122. The Kier molecular flexibility index (Phi) is 3.92. The zero-order chi connectivity index (χ0) is 14.8. The number of aromatic nitrogens is 1. The fourth-order valence-corrected chi connectivity index (χ4v) is 2.79. The second-order valence-corrected chi connectivity index (χ2v) is 5.79. The monoisotopic (exact) mass is 346 g/mol. The highest BCUT2D eigenvalue weighted by Crippen LogP contribution is 2.31. The molecule has 4 nitrogen and oxygen atoms in total. The molecule has 1 aliphatic heterocycles.